The van der Waals surface area contributed by atoms with Crippen LogP contribution in [0.25, 0.3) is 6.08 Å². The fraction of sp³-hybridized carbons (Fsp3) is 0.154. The highest BCUT2D eigenvalue weighted by Gasteiger charge is 2.29. The summed E-state index contributed by atoms with van der Waals surface area (Å²) in [5.74, 6) is 1.38. The third-order valence-electron chi connectivity index (χ3n) is 5.13. The standard InChI is InChI=1S/C26H22O7/c1-15-6-5-7-16(10-15)26(28)32-18-8-9-19-21(13-18)33-24(25(19)27)12-17-11-22(30-3)23(31-4)14-20(17)29-2/h5-14H,1-4H3/b24-12-. The second kappa shape index (κ2) is 9.08. The lowest BCUT2D eigenvalue weighted by Gasteiger charge is -2.12. The summed E-state index contributed by atoms with van der Waals surface area (Å²) >= 11 is 0. The molecule has 7 heteroatoms. The van der Waals surface area contributed by atoms with Crippen molar-refractivity contribution in [3.8, 4) is 28.7 Å². The number of rotatable bonds is 6. The van der Waals surface area contributed by atoms with Crippen LogP contribution in [0.1, 0.15) is 31.8 Å². The zero-order chi connectivity index (χ0) is 23.5. The predicted octanol–water partition coefficient (Wildman–Crippen LogP) is 4.86. The van der Waals surface area contributed by atoms with Crippen LogP contribution < -0.4 is 23.7 Å². The average Bonchev–Trinajstić information content (AvgIpc) is 3.13. The van der Waals surface area contributed by atoms with Crippen LogP contribution in [0.3, 0.4) is 0 Å². The highest BCUT2D eigenvalue weighted by Crippen LogP contribution is 2.39. The van der Waals surface area contributed by atoms with E-state index in [9.17, 15) is 9.59 Å². The summed E-state index contributed by atoms with van der Waals surface area (Å²) in [6.45, 7) is 1.90. The molecule has 0 bridgehead atoms. The van der Waals surface area contributed by atoms with Gasteiger partial charge in [0.15, 0.2) is 17.3 Å². The van der Waals surface area contributed by atoms with Gasteiger partial charge in [0, 0.05) is 17.7 Å². The molecule has 0 atom stereocenters. The normalized spacial score (nSPS) is 13.3. The molecular formula is C26H22O7. The molecule has 0 aliphatic carbocycles. The Balaban J connectivity index is 1.60. The van der Waals surface area contributed by atoms with Gasteiger partial charge in [-0.25, -0.2) is 4.79 Å². The summed E-state index contributed by atoms with van der Waals surface area (Å²) < 4.78 is 27.3. The van der Waals surface area contributed by atoms with Gasteiger partial charge in [-0.3, -0.25) is 4.79 Å². The summed E-state index contributed by atoms with van der Waals surface area (Å²) in [7, 11) is 4.57. The van der Waals surface area contributed by atoms with E-state index in [-0.39, 0.29) is 17.3 Å². The first-order valence-corrected chi connectivity index (χ1v) is 10.1. The van der Waals surface area contributed by atoms with Crippen molar-refractivity contribution in [2.45, 2.75) is 6.92 Å². The minimum Gasteiger partial charge on any atom is -0.496 e. The van der Waals surface area contributed by atoms with E-state index in [1.54, 1.807) is 48.5 Å². The molecule has 33 heavy (non-hydrogen) atoms. The molecule has 0 saturated heterocycles. The molecule has 1 heterocycles. The fourth-order valence-electron chi connectivity index (χ4n) is 3.48. The van der Waals surface area contributed by atoms with Gasteiger partial charge >= 0.3 is 5.97 Å². The molecule has 3 aromatic carbocycles. The summed E-state index contributed by atoms with van der Waals surface area (Å²) in [5, 5.41) is 0. The van der Waals surface area contributed by atoms with Crippen LogP contribution >= 0.6 is 0 Å². The van der Waals surface area contributed by atoms with Crippen LogP contribution in [-0.4, -0.2) is 33.1 Å². The highest BCUT2D eigenvalue weighted by atomic mass is 16.5. The van der Waals surface area contributed by atoms with Crippen molar-refractivity contribution in [2.24, 2.45) is 0 Å². The van der Waals surface area contributed by atoms with Gasteiger partial charge in [-0.15, -0.1) is 0 Å². The number of carbonyl (C=O) groups is 2. The Morgan fingerprint density at radius 1 is 0.879 bits per heavy atom. The number of aryl methyl sites for hydroxylation is 1. The van der Waals surface area contributed by atoms with Gasteiger partial charge in [-0.1, -0.05) is 17.7 Å². The third-order valence-corrected chi connectivity index (χ3v) is 5.13. The number of hydrogen-bond acceptors (Lipinski definition) is 7. The van der Waals surface area contributed by atoms with E-state index in [1.165, 1.54) is 27.4 Å². The number of hydrogen-bond donors (Lipinski definition) is 0. The van der Waals surface area contributed by atoms with E-state index in [4.69, 9.17) is 23.7 Å². The van der Waals surface area contributed by atoms with Crippen molar-refractivity contribution in [1.82, 2.24) is 0 Å². The van der Waals surface area contributed by atoms with Crippen molar-refractivity contribution in [2.75, 3.05) is 21.3 Å². The first kappa shape index (κ1) is 22.0. The van der Waals surface area contributed by atoms with Crippen LogP contribution in [0.15, 0.2) is 60.4 Å². The lowest BCUT2D eigenvalue weighted by Crippen LogP contribution is -2.08. The molecule has 0 N–H and O–H groups in total. The molecule has 3 aromatic rings. The number of ether oxygens (including phenoxy) is 5. The van der Waals surface area contributed by atoms with Gasteiger partial charge in [0.05, 0.1) is 32.5 Å². The number of methoxy groups -OCH3 is 3. The molecule has 0 saturated carbocycles. The summed E-state index contributed by atoms with van der Waals surface area (Å²) in [6, 6.07) is 15.1. The molecule has 1 aliphatic heterocycles. The third kappa shape index (κ3) is 4.39. The first-order valence-electron chi connectivity index (χ1n) is 10.1. The van der Waals surface area contributed by atoms with E-state index < -0.39 is 5.97 Å². The SMILES string of the molecule is COc1cc(OC)c(OC)cc1/C=C1\Oc2cc(OC(=O)c3cccc(C)c3)ccc2C1=O. The molecule has 0 fully saturated rings. The second-order valence-corrected chi connectivity index (χ2v) is 7.31. The molecule has 0 amide bonds. The monoisotopic (exact) mass is 446 g/mol. The van der Waals surface area contributed by atoms with Crippen molar-refractivity contribution in [3.63, 3.8) is 0 Å². The molecule has 0 aromatic heterocycles. The van der Waals surface area contributed by atoms with Crippen LogP contribution in [0, 0.1) is 6.92 Å². The predicted molar refractivity (Wildman–Crippen MR) is 122 cm³/mol. The maximum absolute atomic E-state index is 12.9. The van der Waals surface area contributed by atoms with E-state index in [1.807, 2.05) is 13.0 Å². The molecule has 4 rings (SSSR count). The van der Waals surface area contributed by atoms with Crippen molar-refractivity contribution in [1.29, 1.82) is 0 Å². The zero-order valence-electron chi connectivity index (χ0n) is 18.6. The number of allylic oxidation sites excluding steroid dienone is 1. The van der Waals surface area contributed by atoms with E-state index in [2.05, 4.69) is 0 Å². The smallest absolute Gasteiger partial charge is 0.343 e. The van der Waals surface area contributed by atoms with Crippen LogP contribution in [-0.2, 0) is 0 Å². The lowest BCUT2D eigenvalue weighted by molar-refractivity contribution is 0.0734. The Morgan fingerprint density at radius 2 is 1.61 bits per heavy atom. The topological polar surface area (TPSA) is 80.3 Å². The molecule has 168 valence electrons. The van der Waals surface area contributed by atoms with Crippen LogP contribution in [0.5, 0.6) is 28.7 Å². The average molecular weight is 446 g/mol. The summed E-state index contributed by atoms with van der Waals surface area (Å²) in [4.78, 5) is 25.3. The Bertz CT molecular complexity index is 1270. The van der Waals surface area contributed by atoms with Gasteiger partial charge in [-0.05, 0) is 43.3 Å². The molecule has 7 nitrogen and oxygen atoms in total. The van der Waals surface area contributed by atoms with Crippen LogP contribution in [0.4, 0.5) is 0 Å². The molecule has 0 spiro atoms. The lowest BCUT2D eigenvalue weighted by atomic mass is 10.1. The molecule has 0 radical (unpaired) electrons. The van der Waals surface area contributed by atoms with E-state index >= 15 is 0 Å². The number of fused-ring (bicyclic) bond motifs is 1. The van der Waals surface area contributed by atoms with E-state index in [0.29, 0.717) is 39.7 Å². The van der Waals surface area contributed by atoms with Gasteiger partial charge in [0.1, 0.15) is 17.2 Å². The Hall–Kier alpha value is -4.26. The highest BCUT2D eigenvalue weighted by molar-refractivity contribution is 6.14. The zero-order valence-corrected chi connectivity index (χ0v) is 18.6. The van der Waals surface area contributed by atoms with Crippen molar-refractivity contribution in [3.05, 3.63) is 82.6 Å². The number of esters is 1. The quantitative estimate of drug-likeness (QED) is 0.304. The minimum absolute atomic E-state index is 0.109. The largest absolute Gasteiger partial charge is 0.496 e. The molecule has 0 unspecified atom stereocenters. The van der Waals surface area contributed by atoms with E-state index in [0.717, 1.165) is 5.56 Å². The maximum Gasteiger partial charge on any atom is 0.343 e. The second-order valence-electron chi connectivity index (χ2n) is 7.31. The Morgan fingerprint density at radius 3 is 2.30 bits per heavy atom. The van der Waals surface area contributed by atoms with Crippen LogP contribution in [0.2, 0.25) is 0 Å². The van der Waals surface area contributed by atoms with Gasteiger partial charge in [0.25, 0.3) is 0 Å². The minimum atomic E-state index is -0.492. The van der Waals surface area contributed by atoms with Crippen molar-refractivity contribution < 1.29 is 33.3 Å². The molecule has 1 aliphatic rings. The fourth-order valence-corrected chi connectivity index (χ4v) is 3.48. The number of benzene rings is 3. The number of ketones is 1. The molecular weight excluding hydrogens is 424 g/mol. The van der Waals surface area contributed by atoms with Gasteiger partial charge in [-0.2, -0.15) is 0 Å². The van der Waals surface area contributed by atoms with Gasteiger partial charge < -0.3 is 23.7 Å². The number of carbonyl (C=O) groups excluding carboxylic acids is 2. The number of Topliss-reactive ketones (excluding diaryl/α,β-unsaturated/α-hetero) is 1. The first-order chi connectivity index (χ1) is 15.9. The Labute approximate surface area is 191 Å². The van der Waals surface area contributed by atoms with Gasteiger partial charge in [0.2, 0.25) is 5.78 Å². The maximum atomic E-state index is 12.9. The summed E-state index contributed by atoms with van der Waals surface area (Å²) in [5.41, 5.74) is 2.34. The summed E-state index contributed by atoms with van der Waals surface area (Å²) in [6.07, 6.45) is 1.57. The van der Waals surface area contributed by atoms with Crippen molar-refractivity contribution >= 4 is 17.8 Å². The Kier molecular flexibility index (Phi) is 6.04.